The fourth-order valence-corrected chi connectivity index (χ4v) is 3.45. The topological polar surface area (TPSA) is 74.3 Å². The summed E-state index contributed by atoms with van der Waals surface area (Å²) < 4.78 is 5.79. The Bertz CT molecular complexity index is 753. The first-order chi connectivity index (χ1) is 12.2. The molecule has 2 aliphatic rings. The summed E-state index contributed by atoms with van der Waals surface area (Å²) in [5.74, 6) is 1.71. The van der Waals surface area contributed by atoms with Crippen LogP contribution in [0, 0.1) is 6.92 Å². The number of aromatic nitrogens is 3. The molecule has 7 nitrogen and oxygen atoms in total. The molecule has 1 N–H and O–H groups in total. The number of carbonyl (C=O) groups excluding carboxylic acids is 1. The molecule has 1 atom stereocenters. The third-order valence-electron chi connectivity index (χ3n) is 4.80. The van der Waals surface area contributed by atoms with Gasteiger partial charge in [-0.05, 0) is 31.9 Å². The highest BCUT2D eigenvalue weighted by Gasteiger charge is 2.28. The highest BCUT2D eigenvalue weighted by Crippen LogP contribution is 2.23. The van der Waals surface area contributed by atoms with Crippen LogP contribution < -0.4 is 4.90 Å². The van der Waals surface area contributed by atoms with Gasteiger partial charge >= 0.3 is 0 Å². The van der Waals surface area contributed by atoms with Crippen molar-refractivity contribution in [1.82, 2.24) is 19.9 Å². The number of aromatic amines is 1. The molecule has 0 radical (unpaired) electrons. The van der Waals surface area contributed by atoms with E-state index >= 15 is 0 Å². The molecule has 2 aromatic rings. The predicted octanol–water partition coefficient (Wildman–Crippen LogP) is 1.93. The molecule has 0 aromatic carbocycles. The minimum absolute atomic E-state index is 0.0272. The highest BCUT2D eigenvalue weighted by atomic mass is 16.5. The molecular weight excluding hydrogens is 318 g/mol. The molecule has 4 rings (SSSR count). The Kier molecular flexibility index (Phi) is 4.40. The lowest BCUT2D eigenvalue weighted by molar-refractivity contribution is -0.0264. The van der Waals surface area contributed by atoms with Gasteiger partial charge in [0, 0.05) is 43.3 Å². The lowest BCUT2D eigenvalue weighted by atomic mass is 10.2. The van der Waals surface area contributed by atoms with Crippen molar-refractivity contribution in [2.45, 2.75) is 25.9 Å². The van der Waals surface area contributed by atoms with Crippen LogP contribution in [0.2, 0.25) is 0 Å². The molecule has 2 saturated heterocycles. The SMILES string of the molecule is Cc1cnc([C@H]2CN(C(=O)c3ccnc(N4CCCC4)c3)CCO2)[nH]1. The average molecular weight is 341 g/mol. The summed E-state index contributed by atoms with van der Waals surface area (Å²) in [6, 6.07) is 3.71. The zero-order valence-corrected chi connectivity index (χ0v) is 14.4. The minimum Gasteiger partial charge on any atom is -0.367 e. The van der Waals surface area contributed by atoms with E-state index in [-0.39, 0.29) is 12.0 Å². The summed E-state index contributed by atoms with van der Waals surface area (Å²) in [5.41, 5.74) is 1.68. The summed E-state index contributed by atoms with van der Waals surface area (Å²) in [4.78, 5) is 29.0. The summed E-state index contributed by atoms with van der Waals surface area (Å²) in [5, 5.41) is 0. The number of carbonyl (C=O) groups is 1. The van der Waals surface area contributed by atoms with Crippen LogP contribution >= 0.6 is 0 Å². The molecule has 4 heterocycles. The number of imidazole rings is 1. The van der Waals surface area contributed by atoms with Crippen LogP contribution in [-0.2, 0) is 4.74 Å². The predicted molar refractivity (Wildman–Crippen MR) is 93.6 cm³/mol. The standard InChI is InChI=1S/C18H23N5O2/c1-13-11-20-17(21-13)15-12-23(8-9-25-15)18(24)14-4-5-19-16(10-14)22-6-2-3-7-22/h4-5,10-11,15H,2-3,6-9,12H2,1H3,(H,20,21)/t15-/m1/s1. The minimum atomic E-state index is -0.203. The maximum atomic E-state index is 12.9. The van der Waals surface area contributed by atoms with Gasteiger partial charge in [0.25, 0.3) is 5.91 Å². The molecule has 2 fully saturated rings. The number of amides is 1. The molecule has 25 heavy (non-hydrogen) atoms. The van der Waals surface area contributed by atoms with Crippen LogP contribution in [0.3, 0.4) is 0 Å². The van der Waals surface area contributed by atoms with Gasteiger partial charge in [-0.2, -0.15) is 0 Å². The van der Waals surface area contributed by atoms with Gasteiger partial charge in [-0.3, -0.25) is 4.79 Å². The number of nitrogens with one attached hydrogen (secondary N) is 1. The largest absolute Gasteiger partial charge is 0.367 e. The molecule has 0 bridgehead atoms. The van der Waals surface area contributed by atoms with E-state index in [4.69, 9.17) is 4.74 Å². The summed E-state index contributed by atoms with van der Waals surface area (Å²) in [6.45, 7) is 5.60. The number of hydrogen-bond donors (Lipinski definition) is 1. The molecule has 7 heteroatoms. The number of nitrogens with zero attached hydrogens (tertiary/aromatic N) is 4. The monoisotopic (exact) mass is 341 g/mol. The average Bonchev–Trinajstić information content (AvgIpc) is 3.33. The van der Waals surface area contributed by atoms with E-state index in [1.54, 1.807) is 18.5 Å². The van der Waals surface area contributed by atoms with Crippen LogP contribution in [0.15, 0.2) is 24.5 Å². The number of anilines is 1. The summed E-state index contributed by atoms with van der Waals surface area (Å²) in [7, 11) is 0. The number of rotatable bonds is 3. The van der Waals surface area contributed by atoms with E-state index in [9.17, 15) is 4.79 Å². The van der Waals surface area contributed by atoms with Crippen LogP contribution in [0.5, 0.6) is 0 Å². The first kappa shape index (κ1) is 16.1. The van der Waals surface area contributed by atoms with E-state index in [0.717, 1.165) is 30.4 Å². The van der Waals surface area contributed by atoms with Gasteiger partial charge in [0.1, 0.15) is 17.7 Å². The lowest BCUT2D eigenvalue weighted by Gasteiger charge is -2.32. The third kappa shape index (κ3) is 3.37. The van der Waals surface area contributed by atoms with Crippen molar-refractivity contribution in [1.29, 1.82) is 0 Å². The van der Waals surface area contributed by atoms with Crippen molar-refractivity contribution in [3.63, 3.8) is 0 Å². The van der Waals surface area contributed by atoms with Gasteiger partial charge in [-0.25, -0.2) is 9.97 Å². The number of ether oxygens (including phenoxy) is 1. The smallest absolute Gasteiger partial charge is 0.254 e. The van der Waals surface area contributed by atoms with Crippen molar-refractivity contribution in [2.75, 3.05) is 37.7 Å². The van der Waals surface area contributed by atoms with Crippen LogP contribution in [-0.4, -0.2) is 58.5 Å². The molecule has 2 aliphatic heterocycles. The highest BCUT2D eigenvalue weighted by molar-refractivity contribution is 5.95. The van der Waals surface area contributed by atoms with E-state index in [1.165, 1.54) is 12.8 Å². The zero-order chi connectivity index (χ0) is 17.2. The Hall–Kier alpha value is -2.41. The van der Waals surface area contributed by atoms with Crippen molar-refractivity contribution in [3.05, 3.63) is 41.6 Å². The second-order valence-electron chi connectivity index (χ2n) is 6.66. The number of pyridine rings is 1. The van der Waals surface area contributed by atoms with Gasteiger partial charge in [0.05, 0.1) is 13.2 Å². The molecule has 0 aliphatic carbocycles. The van der Waals surface area contributed by atoms with Crippen molar-refractivity contribution in [2.24, 2.45) is 0 Å². The van der Waals surface area contributed by atoms with Crippen LogP contribution in [0.4, 0.5) is 5.82 Å². The van der Waals surface area contributed by atoms with Gasteiger partial charge in [-0.1, -0.05) is 0 Å². The number of morpholine rings is 1. The third-order valence-corrected chi connectivity index (χ3v) is 4.80. The van der Waals surface area contributed by atoms with Crippen LogP contribution in [0.1, 0.15) is 40.8 Å². The number of H-pyrrole nitrogens is 1. The van der Waals surface area contributed by atoms with Gasteiger partial charge in [-0.15, -0.1) is 0 Å². The molecular formula is C18H23N5O2. The first-order valence-electron chi connectivity index (χ1n) is 8.84. The summed E-state index contributed by atoms with van der Waals surface area (Å²) >= 11 is 0. The van der Waals surface area contributed by atoms with E-state index in [1.807, 2.05) is 17.9 Å². The maximum Gasteiger partial charge on any atom is 0.254 e. The Morgan fingerprint density at radius 2 is 2.12 bits per heavy atom. The molecule has 0 saturated carbocycles. The van der Waals surface area contributed by atoms with E-state index in [0.29, 0.717) is 25.3 Å². The first-order valence-corrected chi connectivity index (χ1v) is 8.84. The second-order valence-corrected chi connectivity index (χ2v) is 6.66. The van der Waals surface area contributed by atoms with Gasteiger partial charge in [0.2, 0.25) is 0 Å². The van der Waals surface area contributed by atoms with E-state index in [2.05, 4.69) is 19.9 Å². The quantitative estimate of drug-likeness (QED) is 0.923. The molecule has 0 unspecified atom stereocenters. The Morgan fingerprint density at radius 3 is 2.88 bits per heavy atom. The molecule has 2 aromatic heterocycles. The summed E-state index contributed by atoms with van der Waals surface area (Å²) in [6.07, 6.45) is 5.69. The number of hydrogen-bond acceptors (Lipinski definition) is 5. The normalized spacial score (nSPS) is 20.9. The van der Waals surface area contributed by atoms with Crippen molar-refractivity contribution >= 4 is 11.7 Å². The van der Waals surface area contributed by atoms with Crippen molar-refractivity contribution < 1.29 is 9.53 Å². The fraction of sp³-hybridized carbons (Fsp3) is 0.500. The second kappa shape index (κ2) is 6.84. The molecule has 132 valence electrons. The van der Waals surface area contributed by atoms with E-state index < -0.39 is 0 Å². The maximum absolute atomic E-state index is 12.9. The van der Waals surface area contributed by atoms with Gasteiger partial charge < -0.3 is 19.5 Å². The van der Waals surface area contributed by atoms with Gasteiger partial charge in [0.15, 0.2) is 0 Å². The fourth-order valence-electron chi connectivity index (χ4n) is 3.45. The van der Waals surface area contributed by atoms with Crippen LogP contribution in [0.25, 0.3) is 0 Å². The Labute approximate surface area is 147 Å². The van der Waals surface area contributed by atoms with Crippen molar-refractivity contribution in [3.8, 4) is 0 Å². The number of aryl methyl sites for hydroxylation is 1. The Morgan fingerprint density at radius 1 is 1.28 bits per heavy atom. The Balaban J connectivity index is 1.49. The zero-order valence-electron chi connectivity index (χ0n) is 14.4. The lowest BCUT2D eigenvalue weighted by Crippen LogP contribution is -2.42. The molecule has 1 amide bonds. The molecule has 0 spiro atoms.